The third-order valence-corrected chi connectivity index (χ3v) is 5.69. The minimum absolute atomic E-state index is 0.0314. The van der Waals surface area contributed by atoms with Crippen LogP contribution in [0.2, 0.25) is 0 Å². The van der Waals surface area contributed by atoms with Gasteiger partial charge in [0.25, 0.3) is 0 Å². The minimum Gasteiger partial charge on any atom is -0.320 e. The summed E-state index contributed by atoms with van der Waals surface area (Å²) >= 11 is 2.73. The molecule has 1 aliphatic heterocycles. The number of nitriles is 1. The van der Waals surface area contributed by atoms with Gasteiger partial charge in [-0.1, -0.05) is 0 Å². The van der Waals surface area contributed by atoms with Gasteiger partial charge in [0.05, 0.1) is 23.6 Å². The van der Waals surface area contributed by atoms with Crippen LogP contribution in [0, 0.1) is 23.0 Å². The summed E-state index contributed by atoms with van der Waals surface area (Å²) in [6.07, 6.45) is 1.82. The zero-order valence-corrected chi connectivity index (χ0v) is 14.8. The Morgan fingerprint density at radius 1 is 1.40 bits per heavy atom. The van der Waals surface area contributed by atoms with Gasteiger partial charge in [-0.2, -0.15) is 5.26 Å². The van der Waals surface area contributed by atoms with Crippen LogP contribution >= 0.6 is 23.5 Å². The molecule has 0 bridgehead atoms. The van der Waals surface area contributed by atoms with Crippen molar-refractivity contribution in [2.45, 2.75) is 16.9 Å². The van der Waals surface area contributed by atoms with Gasteiger partial charge in [0.1, 0.15) is 28.1 Å². The van der Waals surface area contributed by atoms with E-state index in [0.717, 1.165) is 18.2 Å². The summed E-state index contributed by atoms with van der Waals surface area (Å²) in [4.78, 5) is 18.2. The molecule has 1 saturated heterocycles. The van der Waals surface area contributed by atoms with Crippen molar-refractivity contribution in [3.05, 3.63) is 58.8 Å². The average Bonchev–Trinajstić information content (AvgIpc) is 2.98. The molecule has 1 aliphatic rings. The van der Waals surface area contributed by atoms with E-state index in [1.807, 2.05) is 6.26 Å². The quantitative estimate of drug-likeness (QED) is 0.760. The number of carbonyl (C=O) groups is 1. The lowest BCUT2D eigenvalue weighted by molar-refractivity contribution is -0.128. The highest BCUT2D eigenvalue weighted by atomic mass is 32.2. The molecule has 1 unspecified atom stereocenters. The molecular formula is C17H13F2N3OS2. The highest BCUT2D eigenvalue weighted by Gasteiger charge is 2.34. The van der Waals surface area contributed by atoms with E-state index in [2.05, 4.69) is 11.1 Å². The van der Waals surface area contributed by atoms with Crippen LogP contribution in [0.15, 0.2) is 35.4 Å². The summed E-state index contributed by atoms with van der Waals surface area (Å²) in [7, 11) is 0. The maximum Gasteiger partial charge on any atom is 0.234 e. The molecule has 2 aromatic rings. The molecule has 0 spiro atoms. The number of pyridine rings is 1. The summed E-state index contributed by atoms with van der Waals surface area (Å²) in [6, 6.07) is 8.64. The lowest BCUT2D eigenvalue weighted by atomic mass is 10.2. The maximum atomic E-state index is 13.9. The second-order valence-corrected chi connectivity index (χ2v) is 7.19. The van der Waals surface area contributed by atoms with Crippen LogP contribution in [0.25, 0.3) is 0 Å². The van der Waals surface area contributed by atoms with Crippen LogP contribution in [0.5, 0.6) is 0 Å². The topological polar surface area (TPSA) is 57.0 Å². The number of benzene rings is 1. The van der Waals surface area contributed by atoms with Crippen LogP contribution < -0.4 is 0 Å². The van der Waals surface area contributed by atoms with Gasteiger partial charge in [-0.3, -0.25) is 4.79 Å². The first-order chi connectivity index (χ1) is 12.0. The van der Waals surface area contributed by atoms with Crippen LogP contribution in [0.1, 0.15) is 22.2 Å². The van der Waals surface area contributed by atoms with E-state index in [1.54, 1.807) is 12.1 Å². The van der Waals surface area contributed by atoms with Crippen LogP contribution in [-0.4, -0.2) is 27.8 Å². The number of halogens is 2. The molecule has 25 heavy (non-hydrogen) atoms. The number of aromatic nitrogens is 1. The molecule has 1 aromatic heterocycles. The molecule has 2 heterocycles. The van der Waals surface area contributed by atoms with Gasteiger partial charge in [-0.25, -0.2) is 13.8 Å². The summed E-state index contributed by atoms with van der Waals surface area (Å²) in [5, 5.41) is 9.29. The fourth-order valence-electron chi connectivity index (χ4n) is 2.55. The standard InChI is InChI=1S/C17H13F2N3OS2/c1-24-16-10(7-20)2-5-14(21-16)17-22(15(23)9-25-17)8-11-6-12(18)3-4-13(11)19/h2-6,17H,8-9H2,1H3. The molecule has 0 saturated carbocycles. The number of hydrogen-bond donors (Lipinski definition) is 0. The van der Waals surface area contributed by atoms with Crippen LogP contribution in [-0.2, 0) is 11.3 Å². The van der Waals surface area contributed by atoms with E-state index < -0.39 is 17.0 Å². The molecule has 3 rings (SSSR count). The molecule has 0 N–H and O–H groups in total. The molecule has 1 aromatic carbocycles. The maximum absolute atomic E-state index is 13.9. The Balaban J connectivity index is 1.92. The van der Waals surface area contributed by atoms with E-state index in [9.17, 15) is 13.6 Å². The molecule has 1 atom stereocenters. The van der Waals surface area contributed by atoms with Crippen molar-refractivity contribution in [1.82, 2.24) is 9.88 Å². The Morgan fingerprint density at radius 2 is 2.20 bits per heavy atom. The van der Waals surface area contributed by atoms with Gasteiger partial charge in [-0.05, 0) is 36.6 Å². The largest absolute Gasteiger partial charge is 0.320 e. The van der Waals surface area contributed by atoms with Gasteiger partial charge in [0.2, 0.25) is 5.91 Å². The summed E-state index contributed by atoms with van der Waals surface area (Å²) in [5.41, 5.74) is 1.21. The Bertz CT molecular complexity index is 869. The summed E-state index contributed by atoms with van der Waals surface area (Å²) < 4.78 is 27.3. The molecule has 8 heteroatoms. The zero-order valence-electron chi connectivity index (χ0n) is 13.2. The summed E-state index contributed by atoms with van der Waals surface area (Å²) in [6.45, 7) is -0.0314. The third kappa shape index (κ3) is 3.62. The number of rotatable bonds is 4. The smallest absolute Gasteiger partial charge is 0.234 e. The fraction of sp³-hybridized carbons (Fsp3) is 0.235. The Labute approximate surface area is 152 Å². The van der Waals surface area contributed by atoms with Crippen molar-refractivity contribution in [2.75, 3.05) is 12.0 Å². The molecule has 0 aliphatic carbocycles. The van der Waals surface area contributed by atoms with Gasteiger partial charge in [0.15, 0.2) is 0 Å². The van der Waals surface area contributed by atoms with E-state index in [1.165, 1.54) is 28.4 Å². The third-order valence-electron chi connectivity index (χ3n) is 3.77. The average molecular weight is 377 g/mol. The minimum atomic E-state index is -0.553. The van der Waals surface area contributed by atoms with Crippen molar-refractivity contribution < 1.29 is 13.6 Å². The molecular weight excluding hydrogens is 364 g/mol. The van der Waals surface area contributed by atoms with Crippen LogP contribution in [0.3, 0.4) is 0 Å². The number of carbonyl (C=O) groups excluding carboxylic acids is 1. The number of hydrogen-bond acceptors (Lipinski definition) is 5. The Hall–Kier alpha value is -2.11. The van der Waals surface area contributed by atoms with E-state index in [0.29, 0.717) is 16.3 Å². The van der Waals surface area contributed by atoms with Gasteiger partial charge in [-0.15, -0.1) is 23.5 Å². The molecule has 1 fully saturated rings. The highest BCUT2D eigenvalue weighted by Crippen LogP contribution is 2.39. The van der Waals surface area contributed by atoms with Crippen LogP contribution in [0.4, 0.5) is 8.78 Å². The number of nitrogens with zero attached hydrogens (tertiary/aromatic N) is 3. The summed E-state index contributed by atoms with van der Waals surface area (Å²) in [5.74, 6) is -1.01. The van der Waals surface area contributed by atoms with E-state index in [-0.39, 0.29) is 23.8 Å². The van der Waals surface area contributed by atoms with Crippen molar-refractivity contribution in [3.63, 3.8) is 0 Å². The first kappa shape index (κ1) is 17.7. The highest BCUT2D eigenvalue weighted by molar-refractivity contribution is 8.00. The van der Waals surface area contributed by atoms with Gasteiger partial charge < -0.3 is 4.90 Å². The molecule has 0 radical (unpaired) electrons. The lowest BCUT2D eigenvalue weighted by Gasteiger charge is -2.24. The van der Waals surface area contributed by atoms with Crippen molar-refractivity contribution in [1.29, 1.82) is 5.26 Å². The van der Waals surface area contributed by atoms with E-state index in [4.69, 9.17) is 5.26 Å². The fourth-order valence-corrected chi connectivity index (χ4v) is 4.22. The number of thioether (sulfide) groups is 2. The first-order valence-corrected chi connectivity index (χ1v) is 9.61. The predicted octanol–water partition coefficient (Wildman–Crippen LogP) is 3.73. The normalized spacial score (nSPS) is 17.0. The van der Waals surface area contributed by atoms with Crippen molar-refractivity contribution >= 4 is 29.4 Å². The Kier molecular flexibility index (Phi) is 5.25. The number of amides is 1. The lowest BCUT2D eigenvalue weighted by Crippen LogP contribution is -2.28. The Morgan fingerprint density at radius 3 is 2.92 bits per heavy atom. The van der Waals surface area contributed by atoms with Gasteiger partial charge in [0, 0.05) is 5.56 Å². The SMILES string of the molecule is CSc1nc(C2SCC(=O)N2Cc2cc(F)ccc2F)ccc1C#N. The monoisotopic (exact) mass is 377 g/mol. The molecule has 1 amide bonds. The predicted molar refractivity (Wildman–Crippen MR) is 92.8 cm³/mol. The zero-order chi connectivity index (χ0) is 18.0. The van der Waals surface area contributed by atoms with Gasteiger partial charge >= 0.3 is 0 Å². The second-order valence-electron chi connectivity index (χ2n) is 5.33. The van der Waals surface area contributed by atoms with E-state index >= 15 is 0 Å². The van der Waals surface area contributed by atoms with Crippen molar-refractivity contribution in [3.8, 4) is 6.07 Å². The second kappa shape index (κ2) is 7.42. The molecule has 128 valence electrons. The molecule has 4 nitrogen and oxygen atoms in total. The van der Waals surface area contributed by atoms with Crippen molar-refractivity contribution in [2.24, 2.45) is 0 Å². The first-order valence-electron chi connectivity index (χ1n) is 7.33.